The topological polar surface area (TPSA) is 162 Å². The smallest absolute Gasteiger partial charge is 0.411 e. The van der Waals surface area contributed by atoms with Gasteiger partial charge in [0.1, 0.15) is 24.3 Å². The Morgan fingerprint density at radius 3 is 2.28 bits per heavy atom. The van der Waals surface area contributed by atoms with Gasteiger partial charge in [-0.3, -0.25) is 9.69 Å². The number of aromatic nitrogens is 3. The Balaban J connectivity index is 1.42. The number of sulfone groups is 1. The van der Waals surface area contributed by atoms with E-state index < -0.39 is 81.2 Å². The van der Waals surface area contributed by atoms with Crippen LogP contribution in [-0.2, 0) is 24.9 Å². The van der Waals surface area contributed by atoms with Crippen molar-refractivity contribution in [3.8, 4) is 16.8 Å². The van der Waals surface area contributed by atoms with Crippen LogP contribution in [0.3, 0.4) is 0 Å². The fourth-order valence-corrected chi connectivity index (χ4v) is 7.59. The Morgan fingerprint density at radius 2 is 1.72 bits per heavy atom. The number of alkyl halides is 5. The van der Waals surface area contributed by atoms with Gasteiger partial charge in [-0.05, 0) is 71.7 Å². The molecule has 1 aliphatic carbocycles. The van der Waals surface area contributed by atoms with E-state index in [0.29, 0.717) is 5.56 Å². The lowest BCUT2D eigenvalue weighted by atomic mass is 9.75. The van der Waals surface area contributed by atoms with Gasteiger partial charge in [0.25, 0.3) is 12.3 Å². The van der Waals surface area contributed by atoms with Gasteiger partial charge < -0.3 is 15.8 Å². The van der Waals surface area contributed by atoms with E-state index in [0.717, 1.165) is 28.2 Å². The highest BCUT2D eigenvalue weighted by Gasteiger charge is 2.64. The molecule has 1 aliphatic heterocycles. The van der Waals surface area contributed by atoms with Gasteiger partial charge in [-0.2, -0.15) is 18.3 Å². The van der Waals surface area contributed by atoms with Crippen LogP contribution in [0, 0.1) is 11.2 Å². The number of carbonyl (C=O) groups excluding carboxylic acids is 2. The third-order valence-electron chi connectivity index (χ3n) is 9.62. The van der Waals surface area contributed by atoms with Gasteiger partial charge in [-0.25, -0.2) is 41.0 Å². The monoisotopic (exact) mass is 839 g/mol. The van der Waals surface area contributed by atoms with Crippen molar-refractivity contribution in [1.29, 1.82) is 0 Å². The third-order valence-corrected chi connectivity index (χ3v) is 11.1. The van der Waals surface area contributed by atoms with Crippen molar-refractivity contribution >= 4 is 39.4 Å². The molecule has 20 heteroatoms. The second kappa shape index (κ2) is 14.6. The molecular weight excluding hydrogens is 804 g/mol. The lowest BCUT2D eigenvalue weighted by molar-refractivity contribution is -0.164. The van der Waals surface area contributed by atoms with Crippen molar-refractivity contribution in [2.24, 2.45) is 16.1 Å². The van der Waals surface area contributed by atoms with Crippen molar-refractivity contribution in [1.82, 2.24) is 25.0 Å². The van der Waals surface area contributed by atoms with Crippen LogP contribution in [-0.4, -0.2) is 70.6 Å². The number of nitrogens with zero attached hydrogens (tertiary/aromatic N) is 5. The maximum absolute atomic E-state index is 16.1. The second-order valence-corrected chi connectivity index (χ2v) is 17.5. The summed E-state index contributed by atoms with van der Waals surface area (Å²) in [6.07, 6.45) is -8.20. The molecule has 2 atom stereocenters. The number of ether oxygens (including phenoxy) is 1. The summed E-state index contributed by atoms with van der Waals surface area (Å²) in [5.41, 5.74) is 1.87. The number of hydrogen-bond acceptors (Lipinski definition) is 9. The number of amides is 2. The van der Waals surface area contributed by atoms with Crippen molar-refractivity contribution in [3.05, 3.63) is 94.8 Å². The van der Waals surface area contributed by atoms with Crippen molar-refractivity contribution in [3.63, 3.8) is 0 Å². The van der Waals surface area contributed by atoms with E-state index in [-0.39, 0.29) is 51.6 Å². The van der Waals surface area contributed by atoms with E-state index in [2.05, 4.69) is 15.1 Å². The summed E-state index contributed by atoms with van der Waals surface area (Å²) in [6, 6.07) is 11.9. The van der Waals surface area contributed by atoms with E-state index in [1.54, 1.807) is 20.8 Å². The highest BCUT2D eigenvalue weighted by molar-refractivity contribution is 7.90. The van der Waals surface area contributed by atoms with Crippen molar-refractivity contribution < 1.29 is 49.1 Å². The molecule has 0 bridgehead atoms. The van der Waals surface area contributed by atoms with Crippen LogP contribution < -0.4 is 11.1 Å². The molecule has 3 aromatic carbocycles. The predicted octanol–water partition coefficient (Wildman–Crippen LogP) is 7.42. The molecule has 57 heavy (non-hydrogen) atoms. The summed E-state index contributed by atoms with van der Waals surface area (Å²) in [5, 5.41) is 5.61. The standard InChI is InChI=1S/C37H36ClF6N7O5S/c1-34(2,3)18-36(22-8-11-24(26(39)16-22)20-5-9-23(10-6-20)57(4,54)55)31(52)50(32(45)48-36)28(17-56-33(53)49-35(13-14-35)37(42,43)44)21-7-12-25(38)27(15-21)51-30(29(40)41)46-19-47-51/h5-12,15-16,19,28-29H,13-14,17-18H2,1-4H3,(H2,45,48)(H,49,53)/t28?,36-/m1/s1. The Hall–Kier alpha value is -5.17. The normalized spacial score (nSPS) is 18.8. The number of halogens is 7. The van der Waals surface area contributed by atoms with Crippen molar-refractivity contribution in [2.75, 3.05) is 12.9 Å². The van der Waals surface area contributed by atoms with Gasteiger partial charge >= 0.3 is 12.3 Å². The molecule has 1 saturated carbocycles. The van der Waals surface area contributed by atoms with E-state index in [4.69, 9.17) is 22.1 Å². The summed E-state index contributed by atoms with van der Waals surface area (Å²) in [6.45, 7) is 4.58. The van der Waals surface area contributed by atoms with Gasteiger partial charge in [0.05, 0.1) is 21.6 Å². The van der Waals surface area contributed by atoms with Crippen LogP contribution >= 0.6 is 11.6 Å². The van der Waals surface area contributed by atoms with Gasteiger partial charge in [0.15, 0.2) is 27.2 Å². The summed E-state index contributed by atoms with van der Waals surface area (Å²) < 4.78 is 115. The average molecular weight is 840 g/mol. The van der Waals surface area contributed by atoms with E-state index in [1.165, 1.54) is 54.6 Å². The molecule has 2 amide bonds. The molecule has 3 N–H and O–H groups in total. The van der Waals surface area contributed by atoms with E-state index >= 15 is 4.39 Å². The summed E-state index contributed by atoms with van der Waals surface area (Å²) in [4.78, 5) is 37.0. The summed E-state index contributed by atoms with van der Waals surface area (Å²) in [5.74, 6) is -2.82. The number of hydrogen-bond donors (Lipinski definition) is 2. The molecule has 12 nitrogen and oxygen atoms in total. The van der Waals surface area contributed by atoms with Crippen LogP contribution in [0.4, 0.5) is 31.1 Å². The average Bonchev–Trinajstić information content (AvgIpc) is 3.66. The fraction of sp³-hybridized carbons (Fsp3) is 0.378. The summed E-state index contributed by atoms with van der Waals surface area (Å²) in [7, 11) is -3.52. The SMILES string of the molecule is CC(C)(C)C[C@]1(c2ccc(-c3ccc(S(C)(=O)=O)cc3)c(F)c2)N=C(N)N(C(COC(=O)NC2(C(F)(F)F)CC2)c2ccc(Cl)c(-n3ncnc3C(F)F)c2)C1=O. The van der Waals surface area contributed by atoms with Gasteiger partial charge in [-0.1, -0.05) is 62.7 Å². The van der Waals surface area contributed by atoms with Gasteiger partial charge in [0.2, 0.25) is 0 Å². The minimum Gasteiger partial charge on any atom is -0.447 e. The third kappa shape index (κ3) is 8.17. The lowest BCUT2D eigenvalue weighted by Crippen LogP contribution is -2.50. The number of nitrogens with one attached hydrogen (secondary N) is 1. The number of nitrogens with two attached hydrogens (primary N) is 1. The summed E-state index contributed by atoms with van der Waals surface area (Å²) >= 11 is 6.41. The molecular formula is C37H36ClF6N7O5S. The zero-order valence-electron chi connectivity index (χ0n) is 30.7. The van der Waals surface area contributed by atoms with Crippen LogP contribution in [0.25, 0.3) is 16.8 Å². The number of guanidine groups is 1. The van der Waals surface area contributed by atoms with Crippen LogP contribution in [0.1, 0.15) is 69.5 Å². The van der Waals surface area contributed by atoms with E-state index in [9.17, 15) is 40.0 Å². The lowest BCUT2D eigenvalue weighted by Gasteiger charge is -2.35. The first-order valence-corrected chi connectivity index (χ1v) is 19.5. The minimum absolute atomic E-state index is 0.0286. The number of rotatable bonds is 11. The highest BCUT2D eigenvalue weighted by Crippen LogP contribution is 2.49. The Kier molecular flexibility index (Phi) is 10.7. The maximum Gasteiger partial charge on any atom is 0.411 e. The Labute approximate surface area is 328 Å². The molecule has 304 valence electrons. The first-order chi connectivity index (χ1) is 26.5. The molecule has 1 aromatic heterocycles. The van der Waals surface area contributed by atoms with Crippen molar-refractivity contribution in [2.45, 2.75) is 74.7 Å². The molecule has 4 aromatic rings. The number of benzene rings is 3. The molecule has 1 fully saturated rings. The van der Waals surface area contributed by atoms with Crippen LogP contribution in [0.15, 0.2) is 76.9 Å². The van der Waals surface area contributed by atoms with Crippen LogP contribution in [0.2, 0.25) is 5.02 Å². The van der Waals surface area contributed by atoms with E-state index in [1.807, 2.05) is 5.32 Å². The predicted molar refractivity (Wildman–Crippen MR) is 196 cm³/mol. The molecule has 0 radical (unpaired) electrons. The Bertz CT molecular complexity index is 2360. The molecule has 0 spiro atoms. The fourth-order valence-electron chi connectivity index (χ4n) is 6.76. The number of alkyl carbamates (subject to hydrolysis) is 1. The molecule has 6 rings (SSSR count). The zero-order chi connectivity index (χ0) is 41.9. The minimum atomic E-state index is -4.77. The quantitative estimate of drug-likeness (QED) is 0.148. The highest BCUT2D eigenvalue weighted by atomic mass is 35.5. The Morgan fingerprint density at radius 1 is 1.05 bits per heavy atom. The maximum atomic E-state index is 16.1. The second-order valence-electron chi connectivity index (χ2n) is 15.1. The molecule has 2 heterocycles. The molecule has 2 aliphatic rings. The number of carbonyl (C=O) groups is 2. The van der Waals surface area contributed by atoms with Gasteiger partial charge in [0, 0.05) is 11.8 Å². The van der Waals surface area contributed by atoms with Crippen LogP contribution in [0.5, 0.6) is 0 Å². The molecule has 1 unspecified atom stereocenters. The zero-order valence-corrected chi connectivity index (χ0v) is 32.3. The first kappa shape index (κ1) is 41.5. The largest absolute Gasteiger partial charge is 0.447 e. The first-order valence-electron chi connectivity index (χ1n) is 17.3. The van der Waals surface area contributed by atoms with Gasteiger partial charge in [-0.15, -0.1) is 0 Å². The molecule has 0 saturated heterocycles. The number of aliphatic imine (C=N–C) groups is 1.